The molecule has 4 heteroatoms. The number of rotatable bonds is 7. The highest BCUT2D eigenvalue weighted by molar-refractivity contribution is 5.77. The molecule has 0 unspecified atom stereocenters. The van der Waals surface area contributed by atoms with Gasteiger partial charge in [0.1, 0.15) is 5.75 Å². The zero-order valence-electron chi connectivity index (χ0n) is 11.3. The third-order valence-electron chi connectivity index (χ3n) is 2.39. The van der Waals surface area contributed by atoms with E-state index in [0.717, 1.165) is 11.3 Å². The Morgan fingerprint density at radius 1 is 1.28 bits per heavy atom. The lowest BCUT2D eigenvalue weighted by molar-refractivity contribution is -0.120. The largest absolute Gasteiger partial charge is 0.494 e. The zero-order chi connectivity index (χ0) is 13.4. The number of carbonyl (C=O) groups is 1. The fraction of sp³-hybridized carbons (Fsp3) is 0.500. The summed E-state index contributed by atoms with van der Waals surface area (Å²) in [5, 5.41) is 5.94. The van der Waals surface area contributed by atoms with Crippen LogP contribution in [0.4, 0.5) is 0 Å². The Bertz CT molecular complexity index is 361. The topological polar surface area (TPSA) is 50.4 Å². The van der Waals surface area contributed by atoms with Gasteiger partial charge >= 0.3 is 0 Å². The van der Waals surface area contributed by atoms with Crippen LogP contribution < -0.4 is 15.4 Å². The number of benzene rings is 1. The molecule has 0 radical (unpaired) electrons. The van der Waals surface area contributed by atoms with Crippen molar-refractivity contribution in [2.45, 2.75) is 33.4 Å². The van der Waals surface area contributed by atoms with Crippen molar-refractivity contribution in [1.82, 2.24) is 10.6 Å². The quantitative estimate of drug-likeness (QED) is 0.774. The SMILES string of the molecule is CCOc1ccc(CNC(=O)CNC(C)C)cc1. The second-order valence-corrected chi connectivity index (χ2v) is 4.39. The van der Waals surface area contributed by atoms with Gasteiger partial charge in [-0.2, -0.15) is 0 Å². The van der Waals surface area contributed by atoms with Crippen LogP contribution >= 0.6 is 0 Å². The van der Waals surface area contributed by atoms with Crippen LogP contribution in [0.25, 0.3) is 0 Å². The van der Waals surface area contributed by atoms with Gasteiger partial charge in [-0.3, -0.25) is 4.79 Å². The van der Waals surface area contributed by atoms with Crippen molar-refractivity contribution < 1.29 is 9.53 Å². The first kappa shape index (κ1) is 14.5. The lowest BCUT2D eigenvalue weighted by Gasteiger charge is -2.09. The fourth-order valence-electron chi connectivity index (χ4n) is 1.43. The molecule has 0 spiro atoms. The maximum absolute atomic E-state index is 11.5. The maximum Gasteiger partial charge on any atom is 0.234 e. The van der Waals surface area contributed by atoms with Crippen LogP contribution in [0.2, 0.25) is 0 Å². The molecule has 0 aliphatic carbocycles. The van der Waals surface area contributed by atoms with Gasteiger partial charge in [-0.15, -0.1) is 0 Å². The Balaban J connectivity index is 2.32. The molecule has 0 saturated heterocycles. The summed E-state index contributed by atoms with van der Waals surface area (Å²) >= 11 is 0. The molecule has 1 rings (SSSR count). The van der Waals surface area contributed by atoms with E-state index in [4.69, 9.17) is 4.74 Å². The van der Waals surface area contributed by atoms with E-state index in [1.165, 1.54) is 0 Å². The summed E-state index contributed by atoms with van der Waals surface area (Å²) in [5.74, 6) is 0.867. The minimum atomic E-state index is 0.0117. The van der Waals surface area contributed by atoms with Gasteiger partial charge in [-0.1, -0.05) is 26.0 Å². The zero-order valence-corrected chi connectivity index (χ0v) is 11.3. The highest BCUT2D eigenvalue weighted by Crippen LogP contribution is 2.11. The predicted molar refractivity (Wildman–Crippen MR) is 72.6 cm³/mol. The smallest absolute Gasteiger partial charge is 0.234 e. The summed E-state index contributed by atoms with van der Waals surface area (Å²) in [5.41, 5.74) is 1.07. The van der Waals surface area contributed by atoms with Crippen molar-refractivity contribution >= 4 is 5.91 Å². The van der Waals surface area contributed by atoms with Crippen molar-refractivity contribution in [1.29, 1.82) is 0 Å². The summed E-state index contributed by atoms with van der Waals surface area (Å²) in [4.78, 5) is 11.5. The van der Waals surface area contributed by atoms with Gasteiger partial charge in [0.15, 0.2) is 0 Å². The van der Waals surface area contributed by atoms with E-state index >= 15 is 0 Å². The Morgan fingerprint density at radius 3 is 2.50 bits per heavy atom. The first-order chi connectivity index (χ1) is 8.61. The van der Waals surface area contributed by atoms with E-state index < -0.39 is 0 Å². The van der Waals surface area contributed by atoms with Crippen LogP contribution in [0.15, 0.2) is 24.3 Å². The second-order valence-electron chi connectivity index (χ2n) is 4.39. The van der Waals surface area contributed by atoms with Crippen molar-refractivity contribution in [2.24, 2.45) is 0 Å². The van der Waals surface area contributed by atoms with Gasteiger partial charge in [0.2, 0.25) is 5.91 Å². The molecule has 0 aromatic heterocycles. The molecule has 0 atom stereocenters. The molecular weight excluding hydrogens is 228 g/mol. The van der Waals surface area contributed by atoms with Crippen LogP contribution in [-0.4, -0.2) is 25.1 Å². The van der Waals surface area contributed by atoms with Gasteiger partial charge in [0.05, 0.1) is 13.2 Å². The highest BCUT2D eigenvalue weighted by atomic mass is 16.5. The molecular formula is C14H22N2O2. The number of ether oxygens (including phenoxy) is 1. The lowest BCUT2D eigenvalue weighted by Crippen LogP contribution is -2.36. The van der Waals surface area contributed by atoms with Crippen LogP contribution in [0, 0.1) is 0 Å². The van der Waals surface area contributed by atoms with Gasteiger partial charge in [-0.05, 0) is 24.6 Å². The van der Waals surface area contributed by atoms with Crippen LogP contribution in [0.5, 0.6) is 5.75 Å². The van der Waals surface area contributed by atoms with E-state index in [2.05, 4.69) is 10.6 Å². The normalized spacial score (nSPS) is 10.4. The summed E-state index contributed by atoms with van der Waals surface area (Å²) in [6, 6.07) is 8.07. The molecule has 2 N–H and O–H groups in total. The van der Waals surface area contributed by atoms with Crippen molar-refractivity contribution in [3.8, 4) is 5.75 Å². The summed E-state index contributed by atoms with van der Waals surface area (Å²) < 4.78 is 5.35. The Labute approximate surface area is 109 Å². The Hall–Kier alpha value is -1.55. The molecule has 1 aromatic carbocycles. The van der Waals surface area contributed by atoms with E-state index in [1.807, 2.05) is 45.0 Å². The third-order valence-corrected chi connectivity index (χ3v) is 2.39. The molecule has 18 heavy (non-hydrogen) atoms. The number of amides is 1. The number of hydrogen-bond acceptors (Lipinski definition) is 3. The Morgan fingerprint density at radius 2 is 1.94 bits per heavy atom. The molecule has 0 fully saturated rings. The molecule has 0 aliphatic rings. The number of nitrogens with one attached hydrogen (secondary N) is 2. The fourth-order valence-corrected chi connectivity index (χ4v) is 1.43. The van der Waals surface area contributed by atoms with Crippen molar-refractivity contribution in [3.05, 3.63) is 29.8 Å². The minimum absolute atomic E-state index is 0.0117. The first-order valence-corrected chi connectivity index (χ1v) is 6.33. The summed E-state index contributed by atoms with van der Waals surface area (Å²) in [7, 11) is 0. The van der Waals surface area contributed by atoms with E-state index in [0.29, 0.717) is 25.7 Å². The van der Waals surface area contributed by atoms with E-state index in [1.54, 1.807) is 0 Å². The van der Waals surface area contributed by atoms with Gasteiger partial charge in [0.25, 0.3) is 0 Å². The van der Waals surface area contributed by atoms with Crippen molar-refractivity contribution in [2.75, 3.05) is 13.2 Å². The first-order valence-electron chi connectivity index (χ1n) is 6.33. The second kappa shape index (κ2) is 7.71. The lowest BCUT2D eigenvalue weighted by atomic mass is 10.2. The van der Waals surface area contributed by atoms with Crippen LogP contribution in [0.1, 0.15) is 26.3 Å². The summed E-state index contributed by atoms with van der Waals surface area (Å²) in [6.07, 6.45) is 0. The molecule has 0 saturated carbocycles. The monoisotopic (exact) mass is 250 g/mol. The van der Waals surface area contributed by atoms with Crippen LogP contribution in [0.3, 0.4) is 0 Å². The Kier molecular flexibility index (Phi) is 6.22. The van der Waals surface area contributed by atoms with Gasteiger partial charge < -0.3 is 15.4 Å². The van der Waals surface area contributed by atoms with E-state index in [9.17, 15) is 4.79 Å². The average Bonchev–Trinajstić information content (AvgIpc) is 2.36. The molecule has 0 bridgehead atoms. The molecule has 0 heterocycles. The van der Waals surface area contributed by atoms with E-state index in [-0.39, 0.29) is 5.91 Å². The molecule has 4 nitrogen and oxygen atoms in total. The molecule has 100 valence electrons. The molecule has 1 aromatic rings. The maximum atomic E-state index is 11.5. The number of hydrogen-bond donors (Lipinski definition) is 2. The van der Waals surface area contributed by atoms with Crippen molar-refractivity contribution in [3.63, 3.8) is 0 Å². The third kappa shape index (κ3) is 5.68. The van der Waals surface area contributed by atoms with Crippen LogP contribution in [-0.2, 0) is 11.3 Å². The molecule has 0 aliphatic heterocycles. The molecule has 1 amide bonds. The highest BCUT2D eigenvalue weighted by Gasteiger charge is 2.02. The summed E-state index contributed by atoms with van der Waals surface area (Å²) in [6.45, 7) is 7.55. The van der Waals surface area contributed by atoms with Gasteiger partial charge in [-0.25, -0.2) is 0 Å². The average molecular weight is 250 g/mol. The minimum Gasteiger partial charge on any atom is -0.494 e. The predicted octanol–water partition coefficient (Wildman–Crippen LogP) is 1.70. The van der Waals surface area contributed by atoms with Gasteiger partial charge in [0, 0.05) is 12.6 Å². The number of carbonyl (C=O) groups excluding carboxylic acids is 1. The standard InChI is InChI=1S/C14H22N2O2/c1-4-18-13-7-5-12(6-8-13)9-16-14(17)10-15-11(2)3/h5-8,11,15H,4,9-10H2,1-3H3,(H,16,17).